The number of ether oxygens (including phenoxy) is 1. The molecule has 2 atom stereocenters. The first kappa shape index (κ1) is 9.22. The standard InChI is InChI=1S/C13H17NO/c1-10-6-9-15-13(10)7-8-14-12-5-3-2-4-11(12)13/h2-5,10,14H,6-9H2,1H3. The molecule has 0 saturated carbocycles. The van der Waals surface area contributed by atoms with Crippen molar-refractivity contribution in [1.82, 2.24) is 0 Å². The summed E-state index contributed by atoms with van der Waals surface area (Å²) in [5, 5.41) is 3.45. The Hall–Kier alpha value is -1.02. The third-order valence-electron chi connectivity index (χ3n) is 3.90. The molecule has 1 N–H and O–H groups in total. The van der Waals surface area contributed by atoms with Crippen molar-refractivity contribution in [2.75, 3.05) is 18.5 Å². The van der Waals surface area contributed by atoms with Crippen LogP contribution in [0.5, 0.6) is 0 Å². The summed E-state index contributed by atoms with van der Waals surface area (Å²) in [6.45, 7) is 4.26. The van der Waals surface area contributed by atoms with E-state index in [0.717, 1.165) is 19.6 Å². The fourth-order valence-corrected chi connectivity index (χ4v) is 2.98. The van der Waals surface area contributed by atoms with Crippen LogP contribution in [0.15, 0.2) is 24.3 Å². The Morgan fingerprint density at radius 1 is 1.40 bits per heavy atom. The van der Waals surface area contributed by atoms with Crippen LogP contribution in [0.3, 0.4) is 0 Å². The van der Waals surface area contributed by atoms with Crippen LogP contribution in [0.25, 0.3) is 0 Å². The lowest BCUT2D eigenvalue weighted by atomic mass is 9.77. The molecule has 0 amide bonds. The van der Waals surface area contributed by atoms with Gasteiger partial charge in [-0.05, 0) is 24.8 Å². The van der Waals surface area contributed by atoms with Crippen LogP contribution in [-0.2, 0) is 10.3 Å². The van der Waals surface area contributed by atoms with Crippen molar-refractivity contribution in [3.63, 3.8) is 0 Å². The van der Waals surface area contributed by atoms with E-state index in [4.69, 9.17) is 4.74 Å². The highest BCUT2D eigenvalue weighted by Gasteiger charge is 2.45. The van der Waals surface area contributed by atoms with Crippen LogP contribution in [0.4, 0.5) is 5.69 Å². The molecular weight excluding hydrogens is 186 g/mol. The van der Waals surface area contributed by atoms with Gasteiger partial charge in [-0.2, -0.15) is 0 Å². The molecule has 0 bridgehead atoms. The Kier molecular flexibility index (Phi) is 1.99. The number of anilines is 1. The number of fused-ring (bicyclic) bond motifs is 2. The van der Waals surface area contributed by atoms with E-state index in [1.54, 1.807) is 0 Å². The lowest BCUT2D eigenvalue weighted by Crippen LogP contribution is -2.37. The molecule has 80 valence electrons. The molecule has 0 aromatic heterocycles. The molecule has 0 aliphatic carbocycles. The Morgan fingerprint density at radius 2 is 2.27 bits per heavy atom. The summed E-state index contributed by atoms with van der Waals surface area (Å²) in [6.07, 6.45) is 2.29. The summed E-state index contributed by atoms with van der Waals surface area (Å²) in [5.41, 5.74) is 2.63. The zero-order valence-electron chi connectivity index (χ0n) is 9.12. The summed E-state index contributed by atoms with van der Waals surface area (Å²) in [7, 11) is 0. The Morgan fingerprint density at radius 3 is 3.07 bits per heavy atom. The van der Waals surface area contributed by atoms with Crippen molar-refractivity contribution < 1.29 is 4.74 Å². The van der Waals surface area contributed by atoms with Crippen molar-refractivity contribution in [2.24, 2.45) is 5.92 Å². The minimum Gasteiger partial charge on any atom is -0.385 e. The van der Waals surface area contributed by atoms with Gasteiger partial charge in [0.2, 0.25) is 0 Å². The fourth-order valence-electron chi connectivity index (χ4n) is 2.98. The van der Waals surface area contributed by atoms with Crippen molar-refractivity contribution in [3.05, 3.63) is 29.8 Å². The first-order valence-electron chi connectivity index (χ1n) is 5.80. The van der Waals surface area contributed by atoms with Gasteiger partial charge in [0.05, 0.1) is 5.60 Å². The predicted octanol–water partition coefficient (Wildman–Crippen LogP) is 2.75. The van der Waals surface area contributed by atoms with Gasteiger partial charge >= 0.3 is 0 Å². The number of hydrogen-bond donors (Lipinski definition) is 1. The van der Waals surface area contributed by atoms with Gasteiger partial charge in [-0.15, -0.1) is 0 Å². The van der Waals surface area contributed by atoms with E-state index in [0.29, 0.717) is 5.92 Å². The molecule has 1 fully saturated rings. The summed E-state index contributed by atoms with van der Waals surface area (Å²) in [6, 6.07) is 8.57. The smallest absolute Gasteiger partial charge is 0.0994 e. The van der Waals surface area contributed by atoms with Gasteiger partial charge < -0.3 is 10.1 Å². The van der Waals surface area contributed by atoms with Gasteiger partial charge in [-0.25, -0.2) is 0 Å². The molecular formula is C13H17NO. The van der Waals surface area contributed by atoms with E-state index in [1.807, 2.05) is 0 Å². The molecule has 2 aliphatic heterocycles. The largest absolute Gasteiger partial charge is 0.385 e. The molecule has 1 spiro atoms. The van der Waals surface area contributed by atoms with Crippen LogP contribution in [-0.4, -0.2) is 13.2 Å². The normalized spacial score (nSPS) is 33.8. The second-order valence-electron chi connectivity index (χ2n) is 4.65. The van der Waals surface area contributed by atoms with E-state index >= 15 is 0 Å². The van der Waals surface area contributed by atoms with E-state index in [9.17, 15) is 0 Å². The average Bonchev–Trinajstić information content (AvgIpc) is 2.62. The summed E-state index contributed by atoms with van der Waals surface area (Å²) >= 11 is 0. The van der Waals surface area contributed by atoms with Gasteiger partial charge in [0.1, 0.15) is 0 Å². The number of hydrogen-bond acceptors (Lipinski definition) is 2. The maximum Gasteiger partial charge on any atom is 0.0994 e. The highest BCUT2D eigenvalue weighted by atomic mass is 16.5. The zero-order chi connectivity index (χ0) is 10.3. The second kappa shape index (κ2) is 3.24. The van der Waals surface area contributed by atoms with Crippen molar-refractivity contribution in [2.45, 2.75) is 25.4 Å². The molecule has 2 heteroatoms. The quantitative estimate of drug-likeness (QED) is 0.700. The van der Waals surface area contributed by atoms with Crippen LogP contribution in [0.2, 0.25) is 0 Å². The third kappa shape index (κ3) is 1.21. The third-order valence-corrected chi connectivity index (χ3v) is 3.90. The molecule has 15 heavy (non-hydrogen) atoms. The van der Waals surface area contributed by atoms with Crippen molar-refractivity contribution in [1.29, 1.82) is 0 Å². The summed E-state index contributed by atoms with van der Waals surface area (Å²) < 4.78 is 6.08. The van der Waals surface area contributed by atoms with Gasteiger partial charge in [0, 0.05) is 24.4 Å². The molecule has 3 rings (SSSR count). The minimum atomic E-state index is 0.00183. The number of rotatable bonds is 0. The number of para-hydroxylation sites is 1. The molecule has 2 aliphatic rings. The van der Waals surface area contributed by atoms with E-state index < -0.39 is 0 Å². The highest BCUT2D eigenvalue weighted by molar-refractivity contribution is 5.56. The molecule has 2 unspecified atom stereocenters. The van der Waals surface area contributed by atoms with E-state index in [-0.39, 0.29) is 5.60 Å². The van der Waals surface area contributed by atoms with E-state index in [1.165, 1.54) is 17.7 Å². The maximum atomic E-state index is 6.08. The monoisotopic (exact) mass is 203 g/mol. The lowest BCUT2D eigenvalue weighted by Gasteiger charge is -2.38. The first-order valence-corrected chi connectivity index (χ1v) is 5.80. The summed E-state index contributed by atoms with van der Waals surface area (Å²) in [4.78, 5) is 0. The molecule has 1 aromatic carbocycles. The lowest BCUT2D eigenvalue weighted by molar-refractivity contribution is -0.0292. The summed E-state index contributed by atoms with van der Waals surface area (Å²) in [5.74, 6) is 0.640. The molecule has 0 radical (unpaired) electrons. The molecule has 2 heterocycles. The Bertz CT molecular complexity index is 377. The Balaban J connectivity index is 2.12. The van der Waals surface area contributed by atoms with E-state index in [2.05, 4.69) is 36.5 Å². The Labute approximate surface area is 90.6 Å². The highest BCUT2D eigenvalue weighted by Crippen LogP contribution is 2.48. The maximum absolute atomic E-state index is 6.08. The van der Waals surface area contributed by atoms with Crippen LogP contribution in [0, 0.1) is 5.92 Å². The van der Waals surface area contributed by atoms with Gasteiger partial charge in [-0.1, -0.05) is 25.1 Å². The number of benzene rings is 1. The van der Waals surface area contributed by atoms with Crippen LogP contribution in [0.1, 0.15) is 25.3 Å². The molecule has 2 nitrogen and oxygen atoms in total. The first-order chi connectivity index (χ1) is 7.33. The molecule has 1 aromatic rings. The predicted molar refractivity (Wildman–Crippen MR) is 61.0 cm³/mol. The van der Waals surface area contributed by atoms with Gasteiger partial charge in [0.25, 0.3) is 0 Å². The minimum absolute atomic E-state index is 0.00183. The fraction of sp³-hybridized carbons (Fsp3) is 0.538. The van der Waals surface area contributed by atoms with Crippen LogP contribution < -0.4 is 5.32 Å². The van der Waals surface area contributed by atoms with Gasteiger partial charge in [0.15, 0.2) is 0 Å². The van der Waals surface area contributed by atoms with Crippen LogP contribution >= 0.6 is 0 Å². The number of nitrogens with one attached hydrogen (secondary N) is 1. The average molecular weight is 203 g/mol. The SMILES string of the molecule is CC1CCOC12CCNc1ccccc12. The second-order valence-corrected chi connectivity index (χ2v) is 4.65. The van der Waals surface area contributed by atoms with Crippen molar-refractivity contribution in [3.8, 4) is 0 Å². The van der Waals surface area contributed by atoms with Crippen molar-refractivity contribution >= 4 is 5.69 Å². The topological polar surface area (TPSA) is 21.3 Å². The zero-order valence-corrected chi connectivity index (χ0v) is 9.12. The van der Waals surface area contributed by atoms with Gasteiger partial charge in [-0.3, -0.25) is 0 Å². The molecule has 1 saturated heterocycles.